The number of nitrogens with two attached hydrogens (primary N) is 1. The number of hydrogen-bond acceptors (Lipinski definition) is 6. The Kier molecular flexibility index (Phi) is 5.72. The van der Waals surface area contributed by atoms with Gasteiger partial charge in [0.25, 0.3) is 0 Å². The first-order chi connectivity index (χ1) is 15.2. The third-order valence-corrected chi connectivity index (χ3v) is 4.98. The van der Waals surface area contributed by atoms with Crippen LogP contribution in [-0.4, -0.2) is 27.2 Å². The van der Waals surface area contributed by atoms with Gasteiger partial charge in [-0.25, -0.2) is 4.68 Å². The van der Waals surface area contributed by atoms with Gasteiger partial charge >= 0.3 is 0 Å². The molecule has 1 aromatic heterocycles. The van der Waals surface area contributed by atoms with E-state index in [-0.39, 0.29) is 12.2 Å². The molecule has 0 atom stereocenters. The van der Waals surface area contributed by atoms with Gasteiger partial charge in [-0.1, -0.05) is 30.3 Å². The molecule has 152 valence electrons. The first-order valence-corrected chi connectivity index (χ1v) is 9.76. The van der Waals surface area contributed by atoms with Crippen LogP contribution in [0.2, 0.25) is 0 Å². The normalized spacial score (nSPS) is 10.4. The summed E-state index contributed by atoms with van der Waals surface area (Å²) in [5, 5.41) is 19.3. The summed E-state index contributed by atoms with van der Waals surface area (Å²) in [6.07, 6.45) is 3.44. The predicted octanol–water partition coefficient (Wildman–Crippen LogP) is 3.94. The lowest BCUT2D eigenvalue weighted by atomic mass is 9.99. The average Bonchev–Trinajstić information content (AvgIpc) is 3.34. The van der Waals surface area contributed by atoms with E-state index in [1.807, 2.05) is 47.5 Å². The van der Waals surface area contributed by atoms with Crippen molar-refractivity contribution >= 4 is 17.2 Å². The summed E-state index contributed by atoms with van der Waals surface area (Å²) in [4.78, 5) is 12.7. The monoisotopic (exact) mass is 408 g/mol. The van der Waals surface area contributed by atoms with Crippen LogP contribution in [0, 0.1) is 11.3 Å². The van der Waals surface area contributed by atoms with Crippen LogP contribution in [0.25, 0.3) is 11.1 Å². The highest BCUT2D eigenvalue weighted by Gasteiger charge is 2.15. The number of rotatable bonds is 7. The van der Waals surface area contributed by atoms with Crippen LogP contribution in [0.3, 0.4) is 0 Å². The number of hydrogen-bond donors (Lipinski definition) is 1. The summed E-state index contributed by atoms with van der Waals surface area (Å²) in [7, 11) is 0. The number of nitriles is 1. The summed E-state index contributed by atoms with van der Waals surface area (Å²) in [5.41, 5.74) is 10.1. The van der Waals surface area contributed by atoms with Crippen molar-refractivity contribution in [1.82, 2.24) is 14.9 Å². The summed E-state index contributed by atoms with van der Waals surface area (Å²) in [5.74, 6) is 0.00926. The standard InChI is InChI=1S/C24H20N6O/c25-15-20-8-11-22(14-23(20)18-4-2-1-3-5-18)30(29-16-27-28-17-29)13-12-24(31)19-6-9-21(26)10-7-19/h1-11,14,16-17H,12-13,26H2. The Morgan fingerprint density at radius 3 is 2.39 bits per heavy atom. The summed E-state index contributed by atoms with van der Waals surface area (Å²) >= 11 is 0. The molecule has 4 rings (SSSR count). The average molecular weight is 408 g/mol. The molecule has 0 aliphatic heterocycles. The minimum atomic E-state index is 0.00926. The van der Waals surface area contributed by atoms with Crippen LogP contribution in [-0.2, 0) is 0 Å². The number of nitrogen functional groups attached to an aromatic ring is 1. The zero-order chi connectivity index (χ0) is 21.6. The number of carbonyl (C=O) groups is 1. The van der Waals surface area contributed by atoms with Gasteiger partial charge in [-0.3, -0.25) is 9.80 Å². The Balaban J connectivity index is 1.65. The molecule has 2 N–H and O–H groups in total. The van der Waals surface area contributed by atoms with Crippen molar-refractivity contribution in [2.24, 2.45) is 0 Å². The molecule has 0 fully saturated rings. The van der Waals surface area contributed by atoms with E-state index in [1.54, 1.807) is 47.7 Å². The van der Waals surface area contributed by atoms with Crippen LogP contribution in [0.5, 0.6) is 0 Å². The lowest BCUT2D eigenvalue weighted by Gasteiger charge is -2.25. The van der Waals surface area contributed by atoms with Gasteiger partial charge in [0.1, 0.15) is 12.7 Å². The molecular weight excluding hydrogens is 388 g/mol. The van der Waals surface area contributed by atoms with Gasteiger partial charge in [-0.05, 0) is 48.0 Å². The van der Waals surface area contributed by atoms with E-state index in [0.717, 1.165) is 16.8 Å². The first-order valence-electron chi connectivity index (χ1n) is 9.76. The molecule has 1 heterocycles. The molecule has 0 aliphatic carbocycles. The van der Waals surface area contributed by atoms with E-state index in [1.165, 1.54) is 0 Å². The molecule has 0 spiro atoms. The summed E-state index contributed by atoms with van der Waals surface area (Å²) in [6.45, 7) is 0.404. The Bertz CT molecular complexity index is 1210. The molecular formula is C24H20N6O. The quantitative estimate of drug-likeness (QED) is 0.367. The van der Waals surface area contributed by atoms with Crippen molar-refractivity contribution in [3.63, 3.8) is 0 Å². The lowest BCUT2D eigenvalue weighted by molar-refractivity contribution is 0.0984. The van der Waals surface area contributed by atoms with Crippen molar-refractivity contribution in [2.75, 3.05) is 17.3 Å². The van der Waals surface area contributed by atoms with Gasteiger partial charge in [0.15, 0.2) is 5.78 Å². The zero-order valence-electron chi connectivity index (χ0n) is 16.7. The van der Waals surface area contributed by atoms with E-state index in [9.17, 15) is 10.1 Å². The van der Waals surface area contributed by atoms with Crippen LogP contribution in [0.4, 0.5) is 11.4 Å². The summed E-state index contributed by atoms with van der Waals surface area (Å²) < 4.78 is 1.73. The molecule has 7 nitrogen and oxygen atoms in total. The Hall–Kier alpha value is -4.44. The highest BCUT2D eigenvalue weighted by atomic mass is 16.1. The molecule has 0 bridgehead atoms. The molecule has 0 saturated carbocycles. The first kappa shape index (κ1) is 19.9. The van der Waals surface area contributed by atoms with Crippen molar-refractivity contribution in [1.29, 1.82) is 5.26 Å². The Morgan fingerprint density at radius 2 is 1.71 bits per heavy atom. The number of anilines is 2. The summed E-state index contributed by atoms with van der Waals surface area (Å²) in [6, 6.07) is 24.5. The maximum atomic E-state index is 12.7. The predicted molar refractivity (Wildman–Crippen MR) is 119 cm³/mol. The minimum absolute atomic E-state index is 0.00926. The van der Waals surface area contributed by atoms with Crippen molar-refractivity contribution in [2.45, 2.75) is 6.42 Å². The van der Waals surface area contributed by atoms with E-state index in [2.05, 4.69) is 16.3 Å². The van der Waals surface area contributed by atoms with Crippen LogP contribution >= 0.6 is 0 Å². The highest BCUT2D eigenvalue weighted by molar-refractivity contribution is 5.96. The maximum absolute atomic E-state index is 12.7. The number of aromatic nitrogens is 3. The molecule has 0 radical (unpaired) electrons. The fourth-order valence-electron chi connectivity index (χ4n) is 3.37. The second-order valence-corrected chi connectivity index (χ2v) is 6.97. The second kappa shape index (κ2) is 8.93. The van der Waals surface area contributed by atoms with E-state index in [0.29, 0.717) is 23.4 Å². The van der Waals surface area contributed by atoms with Crippen molar-refractivity contribution < 1.29 is 4.79 Å². The Labute approximate surface area is 180 Å². The van der Waals surface area contributed by atoms with E-state index in [4.69, 9.17) is 5.73 Å². The molecule has 4 aromatic rings. The molecule has 0 saturated heterocycles. The fraction of sp³-hybridized carbons (Fsp3) is 0.0833. The van der Waals surface area contributed by atoms with Crippen LogP contribution < -0.4 is 10.7 Å². The number of benzene rings is 3. The van der Waals surface area contributed by atoms with Gasteiger partial charge in [-0.15, -0.1) is 10.2 Å². The van der Waals surface area contributed by atoms with Crippen LogP contribution in [0.1, 0.15) is 22.3 Å². The third-order valence-electron chi connectivity index (χ3n) is 4.98. The smallest absolute Gasteiger partial charge is 0.164 e. The molecule has 0 unspecified atom stereocenters. The number of carbonyl (C=O) groups excluding carboxylic acids is 1. The minimum Gasteiger partial charge on any atom is -0.399 e. The SMILES string of the molecule is N#Cc1ccc(N(CCC(=O)c2ccc(N)cc2)n2cnnc2)cc1-c1ccccc1. The second-order valence-electron chi connectivity index (χ2n) is 6.97. The van der Waals surface area contributed by atoms with Gasteiger partial charge in [0, 0.05) is 29.8 Å². The van der Waals surface area contributed by atoms with Crippen LogP contribution in [0.15, 0.2) is 85.5 Å². The van der Waals surface area contributed by atoms with Gasteiger partial charge in [0.2, 0.25) is 0 Å². The van der Waals surface area contributed by atoms with E-state index >= 15 is 0 Å². The lowest BCUT2D eigenvalue weighted by Crippen LogP contribution is -2.31. The Morgan fingerprint density at radius 1 is 1.00 bits per heavy atom. The van der Waals surface area contributed by atoms with Gasteiger partial charge in [-0.2, -0.15) is 5.26 Å². The molecule has 3 aromatic carbocycles. The fourth-order valence-corrected chi connectivity index (χ4v) is 3.37. The maximum Gasteiger partial charge on any atom is 0.164 e. The van der Waals surface area contributed by atoms with Gasteiger partial charge < -0.3 is 5.73 Å². The zero-order valence-corrected chi connectivity index (χ0v) is 16.7. The number of nitrogens with zero attached hydrogens (tertiary/aromatic N) is 5. The topological polar surface area (TPSA) is 101 Å². The van der Waals surface area contributed by atoms with Gasteiger partial charge in [0.05, 0.1) is 17.3 Å². The van der Waals surface area contributed by atoms with E-state index < -0.39 is 0 Å². The number of Topliss-reactive ketones (excluding diaryl/α,β-unsaturated/α-hetero) is 1. The van der Waals surface area contributed by atoms with Crippen molar-refractivity contribution in [3.8, 4) is 17.2 Å². The molecule has 0 amide bonds. The van der Waals surface area contributed by atoms with Crippen molar-refractivity contribution in [3.05, 3.63) is 96.6 Å². The highest BCUT2D eigenvalue weighted by Crippen LogP contribution is 2.29. The molecule has 31 heavy (non-hydrogen) atoms. The number of ketones is 1. The molecule has 0 aliphatic rings. The third kappa shape index (κ3) is 4.43. The largest absolute Gasteiger partial charge is 0.399 e. The molecule has 7 heteroatoms.